The zero-order valence-corrected chi connectivity index (χ0v) is 13.6. The summed E-state index contributed by atoms with van der Waals surface area (Å²) in [6.45, 7) is 0. The van der Waals surface area contributed by atoms with Crippen molar-refractivity contribution in [1.82, 2.24) is 4.57 Å². The third kappa shape index (κ3) is 2.94. The van der Waals surface area contributed by atoms with Crippen molar-refractivity contribution >= 4 is 10.8 Å². The molecule has 2 atom stereocenters. The molecule has 0 aliphatic rings. The second-order valence-corrected chi connectivity index (χ2v) is 6.14. The first-order valence-corrected chi connectivity index (χ1v) is 8.28. The molecule has 0 saturated heterocycles. The van der Waals surface area contributed by atoms with E-state index >= 15 is 0 Å². The number of benzene rings is 3. The first kappa shape index (κ1) is 15.6. The lowest BCUT2D eigenvalue weighted by atomic mass is 9.92. The molecule has 3 aromatic carbocycles. The number of halogens is 1. The Bertz CT molecular complexity index is 971. The SMILES string of the molecule is OC(c1cccc2ccccc12)C(c1ccc(F)cc1)n1cccc1. The van der Waals surface area contributed by atoms with Crippen molar-refractivity contribution in [3.63, 3.8) is 0 Å². The van der Waals surface area contributed by atoms with Crippen LogP contribution >= 0.6 is 0 Å². The molecule has 3 heteroatoms. The average molecular weight is 331 g/mol. The molecule has 1 N–H and O–H groups in total. The summed E-state index contributed by atoms with van der Waals surface area (Å²) in [7, 11) is 0. The Morgan fingerprint density at radius 3 is 2.20 bits per heavy atom. The summed E-state index contributed by atoms with van der Waals surface area (Å²) in [5.41, 5.74) is 1.72. The molecule has 0 saturated carbocycles. The van der Waals surface area contributed by atoms with Crippen molar-refractivity contribution in [2.24, 2.45) is 0 Å². The van der Waals surface area contributed by atoms with Gasteiger partial charge in [0.25, 0.3) is 0 Å². The van der Waals surface area contributed by atoms with Gasteiger partial charge < -0.3 is 9.67 Å². The second-order valence-electron chi connectivity index (χ2n) is 6.14. The largest absolute Gasteiger partial charge is 0.386 e. The summed E-state index contributed by atoms with van der Waals surface area (Å²) >= 11 is 0. The standard InChI is InChI=1S/C22H18FNO/c23-18-12-10-17(11-13-18)21(24-14-3-4-15-24)22(25)20-9-5-7-16-6-1-2-8-19(16)20/h1-15,21-22,25H. The summed E-state index contributed by atoms with van der Waals surface area (Å²) in [5, 5.41) is 13.4. The van der Waals surface area contributed by atoms with E-state index in [2.05, 4.69) is 0 Å². The van der Waals surface area contributed by atoms with Crippen LogP contribution in [0.2, 0.25) is 0 Å². The highest BCUT2D eigenvalue weighted by Crippen LogP contribution is 2.36. The smallest absolute Gasteiger partial charge is 0.123 e. The Morgan fingerprint density at radius 2 is 1.44 bits per heavy atom. The molecule has 4 rings (SSSR count). The van der Waals surface area contributed by atoms with Crippen molar-refractivity contribution in [3.05, 3.63) is 108 Å². The molecular formula is C22H18FNO. The van der Waals surface area contributed by atoms with Gasteiger partial charge in [0.05, 0.1) is 6.04 Å². The zero-order valence-electron chi connectivity index (χ0n) is 13.6. The maximum atomic E-state index is 13.4. The van der Waals surface area contributed by atoms with E-state index in [0.29, 0.717) is 0 Å². The predicted molar refractivity (Wildman–Crippen MR) is 97.9 cm³/mol. The van der Waals surface area contributed by atoms with Crippen LogP contribution in [0.25, 0.3) is 10.8 Å². The van der Waals surface area contributed by atoms with Crippen LogP contribution < -0.4 is 0 Å². The van der Waals surface area contributed by atoms with E-state index in [0.717, 1.165) is 21.9 Å². The Balaban J connectivity index is 1.85. The Morgan fingerprint density at radius 1 is 0.760 bits per heavy atom. The maximum Gasteiger partial charge on any atom is 0.123 e. The first-order chi connectivity index (χ1) is 12.2. The van der Waals surface area contributed by atoms with E-state index in [1.807, 2.05) is 71.6 Å². The van der Waals surface area contributed by atoms with E-state index in [4.69, 9.17) is 0 Å². The fraction of sp³-hybridized carbons (Fsp3) is 0.0909. The minimum absolute atomic E-state index is 0.283. The summed E-state index contributed by atoms with van der Waals surface area (Å²) in [6.07, 6.45) is 3.08. The lowest BCUT2D eigenvalue weighted by Gasteiger charge is -2.26. The highest BCUT2D eigenvalue weighted by molar-refractivity contribution is 5.86. The van der Waals surface area contributed by atoms with Crippen molar-refractivity contribution in [3.8, 4) is 0 Å². The van der Waals surface area contributed by atoms with Gasteiger partial charge in [0.1, 0.15) is 11.9 Å². The number of hydrogen-bond acceptors (Lipinski definition) is 1. The van der Waals surface area contributed by atoms with E-state index in [9.17, 15) is 9.50 Å². The van der Waals surface area contributed by atoms with Gasteiger partial charge in [-0.05, 0) is 46.2 Å². The van der Waals surface area contributed by atoms with Crippen LogP contribution in [-0.4, -0.2) is 9.67 Å². The summed E-state index contributed by atoms with van der Waals surface area (Å²) in [6, 6.07) is 23.8. The van der Waals surface area contributed by atoms with Crippen molar-refractivity contribution in [2.75, 3.05) is 0 Å². The lowest BCUT2D eigenvalue weighted by molar-refractivity contribution is 0.133. The summed E-state index contributed by atoms with van der Waals surface area (Å²) in [4.78, 5) is 0. The number of rotatable bonds is 4. The Hall–Kier alpha value is -2.91. The van der Waals surface area contributed by atoms with Crippen LogP contribution in [0.5, 0.6) is 0 Å². The van der Waals surface area contributed by atoms with Crippen molar-refractivity contribution in [2.45, 2.75) is 12.1 Å². The molecule has 1 heterocycles. The fourth-order valence-corrected chi connectivity index (χ4v) is 3.39. The van der Waals surface area contributed by atoms with Crippen LogP contribution in [0, 0.1) is 5.82 Å². The van der Waals surface area contributed by atoms with Crippen LogP contribution in [-0.2, 0) is 0 Å². The predicted octanol–water partition coefficient (Wildman–Crippen LogP) is 5.10. The summed E-state index contributed by atoms with van der Waals surface area (Å²) < 4.78 is 15.3. The van der Waals surface area contributed by atoms with Gasteiger partial charge in [-0.15, -0.1) is 0 Å². The molecule has 0 aliphatic heterocycles. The first-order valence-electron chi connectivity index (χ1n) is 8.28. The molecule has 0 fully saturated rings. The molecule has 25 heavy (non-hydrogen) atoms. The van der Waals surface area contributed by atoms with E-state index < -0.39 is 6.10 Å². The van der Waals surface area contributed by atoms with Gasteiger partial charge in [-0.3, -0.25) is 0 Å². The maximum absolute atomic E-state index is 13.4. The number of nitrogens with zero attached hydrogens (tertiary/aromatic N) is 1. The molecule has 0 spiro atoms. The van der Waals surface area contributed by atoms with Crippen LogP contribution in [0.4, 0.5) is 4.39 Å². The Kier molecular flexibility index (Phi) is 4.08. The topological polar surface area (TPSA) is 25.2 Å². The van der Waals surface area contributed by atoms with Gasteiger partial charge in [0, 0.05) is 12.4 Å². The number of aromatic nitrogens is 1. The highest BCUT2D eigenvalue weighted by Gasteiger charge is 2.25. The third-order valence-corrected chi connectivity index (χ3v) is 4.60. The van der Waals surface area contributed by atoms with E-state index in [1.165, 1.54) is 12.1 Å². The van der Waals surface area contributed by atoms with Gasteiger partial charge in [0.15, 0.2) is 0 Å². The van der Waals surface area contributed by atoms with E-state index in [-0.39, 0.29) is 11.9 Å². The van der Waals surface area contributed by atoms with Crippen molar-refractivity contribution < 1.29 is 9.50 Å². The van der Waals surface area contributed by atoms with Gasteiger partial charge in [-0.25, -0.2) is 4.39 Å². The quantitative estimate of drug-likeness (QED) is 0.553. The average Bonchev–Trinajstić information content (AvgIpc) is 3.17. The minimum atomic E-state index is -0.760. The molecule has 4 aromatic rings. The van der Waals surface area contributed by atoms with Gasteiger partial charge in [-0.1, -0.05) is 54.6 Å². The van der Waals surface area contributed by atoms with Crippen LogP contribution in [0.3, 0.4) is 0 Å². The molecule has 0 bridgehead atoms. The van der Waals surface area contributed by atoms with Gasteiger partial charge in [-0.2, -0.15) is 0 Å². The van der Waals surface area contributed by atoms with Gasteiger partial charge >= 0.3 is 0 Å². The molecule has 0 radical (unpaired) electrons. The monoisotopic (exact) mass is 331 g/mol. The number of hydrogen-bond donors (Lipinski definition) is 1. The molecule has 124 valence electrons. The lowest BCUT2D eigenvalue weighted by Crippen LogP contribution is -2.18. The third-order valence-electron chi connectivity index (χ3n) is 4.60. The molecule has 0 aliphatic carbocycles. The normalized spacial score (nSPS) is 13.7. The molecular weight excluding hydrogens is 313 g/mol. The highest BCUT2D eigenvalue weighted by atomic mass is 19.1. The molecule has 2 unspecified atom stereocenters. The van der Waals surface area contributed by atoms with Crippen LogP contribution in [0.1, 0.15) is 23.3 Å². The zero-order chi connectivity index (χ0) is 17.2. The van der Waals surface area contributed by atoms with E-state index in [1.54, 1.807) is 12.1 Å². The van der Waals surface area contributed by atoms with Gasteiger partial charge in [0.2, 0.25) is 0 Å². The number of fused-ring (bicyclic) bond motifs is 1. The molecule has 2 nitrogen and oxygen atoms in total. The second kappa shape index (κ2) is 6.54. The van der Waals surface area contributed by atoms with Crippen LogP contribution in [0.15, 0.2) is 91.3 Å². The number of aliphatic hydroxyl groups is 1. The van der Waals surface area contributed by atoms with Crippen molar-refractivity contribution in [1.29, 1.82) is 0 Å². The number of aliphatic hydroxyl groups excluding tert-OH is 1. The Labute approximate surface area is 145 Å². The molecule has 1 aromatic heterocycles. The summed E-state index contributed by atoms with van der Waals surface area (Å²) in [5.74, 6) is -0.283. The molecule has 0 amide bonds. The fourth-order valence-electron chi connectivity index (χ4n) is 3.39. The minimum Gasteiger partial charge on any atom is -0.386 e.